The zero-order valence-electron chi connectivity index (χ0n) is 13.6. The highest BCUT2D eigenvalue weighted by Crippen LogP contribution is 2.32. The van der Waals surface area contributed by atoms with Gasteiger partial charge in [-0.25, -0.2) is 13.8 Å². The van der Waals surface area contributed by atoms with Crippen molar-refractivity contribution in [1.29, 1.82) is 0 Å². The molecule has 1 aromatic heterocycles. The Labute approximate surface area is 148 Å². The minimum atomic E-state index is -2.49. The molecule has 6 heteroatoms. The summed E-state index contributed by atoms with van der Waals surface area (Å²) in [5.41, 5.74) is 2.03. The van der Waals surface area contributed by atoms with Gasteiger partial charge in [0.05, 0.1) is 10.2 Å². The van der Waals surface area contributed by atoms with E-state index in [2.05, 4.69) is 9.88 Å². The maximum absolute atomic E-state index is 13.2. The third-order valence-corrected chi connectivity index (χ3v) is 5.31. The molecule has 0 bridgehead atoms. The molecule has 0 N–H and O–H groups in total. The Balaban J connectivity index is 1.38. The number of nitrogens with zero attached hydrogens (tertiary/aromatic N) is 2. The molecule has 0 spiro atoms. The summed E-state index contributed by atoms with van der Waals surface area (Å²) in [6.07, 6.45) is -0.0996. The summed E-state index contributed by atoms with van der Waals surface area (Å²) in [6, 6.07) is 15.7. The van der Waals surface area contributed by atoms with Gasteiger partial charge < -0.3 is 4.74 Å². The first kappa shape index (κ1) is 16.4. The molecule has 0 unspecified atom stereocenters. The number of thiazole rings is 1. The average molecular weight is 360 g/mol. The Morgan fingerprint density at radius 2 is 1.76 bits per heavy atom. The number of hydrogen-bond donors (Lipinski definition) is 0. The number of alkyl halides is 2. The van der Waals surface area contributed by atoms with Crippen molar-refractivity contribution in [3.63, 3.8) is 0 Å². The van der Waals surface area contributed by atoms with Crippen molar-refractivity contribution in [3.8, 4) is 10.9 Å². The fourth-order valence-corrected chi connectivity index (χ4v) is 3.79. The molecule has 3 aromatic rings. The molecule has 130 valence electrons. The quantitative estimate of drug-likeness (QED) is 0.630. The first-order chi connectivity index (χ1) is 12.1. The molecule has 0 atom stereocenters. The van der Waals surface area contributed by atoms with Crippen molar-refractivity contribution in [2.75, 3.05) is 13.1 Å². The van der Waals surface area contributed by atoms with E-state index < -0.39 is 5.92 Å². The predicted octanol–water partition coefficient (Wildman–Crippen LogP) is 5.32. The first-order valence-corrected chi connectivity index (χ1v) is 9.12. The van der Waals surface area contributed by atoms with Gasteiger partial charge in [0.1, 0.15) is 5.75 Å². The molecule has 25 heavy (non-hydrogen) atoms. The highest BCUT2D eigenvalue weighted by Gasteiger charge is 2.33. The van der Waals surface area contributed by atoms with E-state index in [0.29, 0.717) is 24.8 Å². The van der Waals surface area contributed by atoms with E-state index in [-0.39, 0.29) is 12.8 Å². The Bertz CT molecular complexity index is 820. The number of halogens is 2. The van der Waals surface area contributed by atoms with Crippen molar-refractivity contribution in [3.05, 3.63) is 54.1 Å². The van der Waals surface area contributed by atoms with Crippen LogP contribution in [0, 0.1) is 0 Å². The van der Waals surface area contributed by atoms with Crippen LogP contribution >= 0.6 is 11.3 Å². The molecule has 0 saturated carbocycles. The van der Waals surface area contributed by atoms with E-state index in [1.807, 2.05) is 48.5 Å². The predicted molar refractivity (Wildman–Crippen MR) is 95.6 cm³/mol. The molecule has 1 aliphatic rings. The standard InChI is InChI=1S/C19H18F2N2OS/c20-19(21)9-11-23(12-10-19)13-14-5-7-15(8-6-14)24-18-22-16-3-1-2-4-17(16)25-18/h1-8H,9-13H2. The Morgan fingerprint density at radius 3 is 2.48 bits per heavy atom. The molecule has 2 heterocycles. The van der Waals surface area contributed by atoms with Crippen LogP contribution in [0.25, 0.3) is 10.2 Å². The average Bonchev–Trinajstić information content (AvgIpc) is 3.01. The number of benzene rings is 2. The summed E-state index contributed by atoms with van der Waals surface area (Å²) >= 11 is 1.51. The number of fused-ring (bicyclic) bond motifs is 1. The lowest BCUT2D eigenvalue weighted by atomic mass is 10.1. The number of ether oxygens (including phenoxy) is 1. The van der Waals surface area contributed by atoms with E-state index in [1.54, 1.807) is 0 Å². The van der Waals surface area contributed by atoms with Crippen LogP contribution in [0.2, 0.25) is 0 Å². The zero-order chi connectivity index (χ0) is 17.3. The third kappa shape index (κ3) is 3.96. The molecule has 1 fully saturated rings. The fourth-order valence-electron chi connectivity index (χ4n) is 2.95. The van der Waals surface area contributed by atoms with Crippen LogP contribution in [-0.4, -0.2) is 28.9 Å². The van der Waals surface area contributed by atoms with Crippen molar-refractivity contribution >= 4 is 21.6 Å². The molecule has 3 nitrogen and oxygen atoms in total. The van der Waals surface area contributed by atoms with Crippen LogP contribution < -0.4 is 4.74 Å². The summed E-state index contributed by atoms with van der Waals surface area (Å²) in [6.45, 7) is 1.57. The first-order valence-electron chi connectivity index (χ1n) is 8.30. The SMILES string of the molecule is FC1(F)CCN(Cc2ccc(Oc3nc4ccccc4s3)cc2)CC1. The van der Waals surface area contributed by atoms with E-state index in [1.165, 1.54) is 11.3 Å². The number of likely N-dealkylation sites (tertiary alicyclic amines) is 1. The highest BCUT2D eigenvalue weighted by molar-refractivity contribution is 7.20. The van der Waals surface area contributed by atoms with Crippen LogP contribution in [0.5, 0.6) is 10.9 Å². The second-order valence-corrected chi connectivity index (χ2v) is 7.32. The number of hydrogen-bond acceptors (Lipinski definition) is 4. The minimum Gasteiger partial charge on any atom is -0.431 e. The molecule has 2 aromatic carbocycles. The van der Waals surface area contributed by atoms with E-state index in [9.17, 15) is 8.78 Å². The second-order valence-electron chi connectivity index (χ2n) is 6.33. The third-order valence-electron chi connectivity index (χ3n) is 4.40. The number of para-hydroxylation sites is 1. The second kappa shape index (κ2) is 6.69. The smallest absolute Gasteiger partial charge is 0.279 e. The number of piperidine rings is 1. The van der Waals surface area contributed by atoms with Gasteiger partial charge in [-0.1, -0.05) is 35.6 Å². The summed E-state index contributed by atoms with van der Waals surface area (Å²) in [7, 11) is 0. The highest BCUT2D eigenvalue weighted by atomic mass is 32.1. The van der Waals surface area contributed by atoms with Gasteiger partial charge in [-0.2, -0.15) is 0 Å². The van der Waals surface area contributed by atoms with Gasteiger partial charge in [0.25, 0.3) is 11.1 Å². The van der Waals surface area contributed by atoms with Crippen LogP contribution in [0.4, 0.5) is 8.78 Å². The molecule has 0 aliphatic carbocycles. The summed E-state index contributed by atoms with van der Waals surface area (Å²) < 4.78 is 33.3. The Morgan fingerprint density at radius 1 is 1.04 bits per heavy atom. The molecule has 0 radical (unpaired) electrons. The molecule has 1 aliphatic heterocycles. The van der Waals surface area contributed by atoms with Gasteiger partial charge in [0.2, 0.25) is 0 Å². The molecular formula is C19H18F2N2OS. The lowest BCUT2D eigenvalue weighted by Crippen LogP contribution is -2.38. The van der Waals surface area contributed by atoms with Crippen LogP contribution in [0.1, 0.15) is 18.4 Å². The molecule has 4 rings (SSSR count). The lowest BCUT2D eigenvalue weighted by Gasteiger charge is -2.31. The summed E-state index contributed by atoms with van der Waals surface area (Å²) in [4.78, 5) is 6.52. The largest absolute Gasteiger partial charge is 0.431 e. The summed E-state index contributed by atoms with van der Waals surface area (Å²) in [5, 5.41) is 0.618. The van der Waals surface area contributed by atoms with Crippen molar-refractivity contribution in [1.82, 2.24) is 9.88 Å². The number of rotatable bonds is 4. The van der Waals surface area contributed by atoms with Crippen LogP contribution in [-0.2, 0) is 6.54 Å². The lowest BCUT2D eigenvalue weighted by molar-refractivity contribution is -0.0566. The van der Waals surface area contributed by atoms with Gasteiger partial charge in [0.15, 0.2) is 0 Å². The van der Waals surface area contributed by atoms with Gasteiger partial charge in [-0.15, -0.1) is 0 Å². The van der Waals surface area contributed by atoms with Gasteiger partial charge in [-0.3, -0.25) is 4.90 Å². The zero-order valence-corrected chi connectivity index (χ0v) is 14.4. The summed E-state index contributed by atoms with van der Waals surface area (Å²) in [5.74, 6) is -1.76. The number of aromatic nitrogens is 1. The monoisotopic (exact) mass is 360 g/mol. The van der Waals surface area contributed by atoms with Crippen molar-refractivity contribution in [2.24, 2.45) is 0 Å². The van der Waals surface area contributed by atoms with Crippen LogP contribution in [0.15, 0.2) is 48.5 Å². The Hall–Kier alpha value is -2.05. The van der Waals surface area contributed by atoms with Gasteiger partial charge in [0, 0.05) is 32.5 Å². The van der Waals surface area contributed by atoms with Crippen molar-refractivity contribution in [2.45, 2.75) is 25.3 Å². The van der Waals surface area contributed by atoms with E-state index in [0.717, 1.165) is 21.5 Å². The topological polar surface area (TPSA) is 25.4 Å². The van der Waals surface area contributed by atoms with Crippen LogP contribution in [0.3, 0.4) is 0 Å². The van der Waals surface area contributed by atoms with E-state index in [4.69, 9.17) is 4.74 Å². The fraction of sp³-hybridized carbons (Fsp3) is 0.316. The molecule has 0 amide bonds. The molecular weight excluding hydrogens is 342 g/mol. The maximum Gasteiger partial charge on any atom is 0.279 e. The normalized spacial score (nSPS) is 17.7. The van der Waals surface area contributed by atoms with Gasteiger partial charge in [-0.05, 0) is 29.8 Å². The van der Waals surface area contributed by atoms with Crippen molar-refractivity contribution < 1.29 is 13.5 Å². The maximum atomic E-state index is 13.2. The molecule has 1 saturated heterocycles. The van der Waals surface area contributed by atoms with Gasteiger partial charge >= 0.3 is 0 Å². The van der Waals surface area contributed by atoms with E-state index >= 15 is 0 Å². The minimum absolute atomic E-state index is 0.0498. The Kier molecular flexibility index (Phi) is 4.39.